The normalized spacial score (nSPS) is 27.1. The van der Waals surface area contributed by atoms with Crippen LogP contribution in [0.4, 0.5) is 13.6 Å². The van der Waals surface area contributed by atoms with Gasteiger partial charge in [-0.05, 0) is 18.1 Å². The lowest BCUT2D eigenvalue weighted by atomic mass is 9.87. The highest BCUT2D eigenvalue weighted by Crippen LogP contribution is 2.47. The van der Waals surface area contributed by atoms with Crippen LogP contribution in [0.25, 0.3) is 11.1 Å². The predicted molar refractivity (Wildman–Crippen MR) is 83.3 cm³/mol. The van der Waals surface area contributed by atoms with Crippen molar-refractivity contribution in [3.63, 3.8) is 0 Å². The summed E-state index contributed by atoms with van der Waals surface area (Å²) in [5, 5.41) is 0. The SMILES string of the molecule is CN1C(=O)OC(C)(CF)C1(F)c1ccc(-c2ccccc2)cc1. The van der Waals surface area contributed by atoms with E-state index in [0.29, 0.717) is 0 Å². The van der Waals surface area contributed by atoms with Gasteiger partial charge in [-0.15, -0.1) is 0 Å². The van der Waals surface area contributed by atoms with Crippen LogP contribution in [0.3, 0.4) is 0 Å². The van der Waals surface area contributed by atoms with Crippen LogP contribution in [-0.2, 0) is 10.5 Å². The summed E-state index contributed by atoms with van der Waals surface area (Å²) in [6, 6.07) is 16.3. The van der Waals surface area contributed by atoms with E-state index in [-0.39, 0.29) is 5.56 Å². The Hall–Kier alpha value is -2.43. The third-order valence-corrected chi connectivity index (χ3v) is 4.38. The second-order valence-corrected chi connectivity index (χ2v) is 5.86. The van der Waals surface area contributed by atoms with Crippen LogP contribution in [0.1, 0.15) is 12.5 Å². The van der Waals surface area contributed by atoms with Gasteiger partial charge >= 0.3 is 6.09 Å². The Morgan fingerprint density at radius 3 is 2.17 bits per heavy atom. The molecule has 120 valence electrons. The van der Waals surface area contributed by atoms with Crippen LogP contribution in [0.5, 0.6) is 0 Å². The van der Waals surface area contributed by atoms with Crippen molar-refractivity contribution >= 4 is 6.09 Å². The van der Waals surface area contributed by atoms with Gasteiger partial charge in [0.05, 0.1) is 0 Å². The van der Waals surface area contributed by atoms with Gasteiger partial charge in [0.25, 0.3) is 5.79 Å². The zero-order chi connectivity index (χ0) is 16.7. The van der Waals surface area contributed by atoms with Gasteiger partial charge in [-0.3, -0.25) is 4.90 Å². The van der Waals surface area contributed by atoms with Gasteiger partial charge in [0.15, 0.2) is 5.60 Å². The van der Waals surface area contributed by atoms with E-state index in [9.17, 15) is 9.18 Å². The molecule has 5 heteroatoms. The molecule has 2 atom stereocenters. The highest BCUT2D eigenvalue weighted by molar-refractivity contribution is 5.73. The first kappa shape index (κ1) is 15.5. The number of alkyl halides is 2. The fourth-order valence-corrected chi connectivity index (χ4v) is 2.94. The van der Waals surface area contributed by atoms with E-state index in [1.807, 2.05) is 30.3 Å². The van der Waals surface area contributed by atoms with E-state index in [0.717, 1.165) is 16.0 Å². The minimum atomic E-state index is -2.35. The molecular formula is C18H17F2NO2. The van der Waals surface area contributed by atoms with Gasteiger partial charge in [-0.25, -0.2) is 13.6 Å². The van der Waals surface area contributed by atoms with E-state index in [1.54, 1.807) is 24.3 Å². The summed E-state index contributed by atoms with van der Waals surface area (Å²) in [6.07, 6.45) is -0.875. The fraction of sp³-hybridized carbons (Fsp3) is 0.278. The second-order valence-electron chi connectivity index (χ2n) is 5.86. The Morgan fingerprint density at radius 1 is 1.04 bits per heavy atom. The van der Waals surface area contributed by atoms with Gasteiger partial charge in [-0.1, -0.05) is 54.6 Å². The Morgan fingerprint density at radius 2 is 1.61 bits per heavy atom. The summed E-state index contributed by atoms with van der Waals surface area (Å²) in [7, 11) is 1.27. The number of ether oxygens (including phenoxy) is 1. The monoisotopic (exact) mass is 317 g/mol. The third-order valence-electron chi connectivity index (χ3n) is 4.38. The lowest BCUT2D eigenvalue weighted by Gasteiger charge is -2.35. The molecular weight excluding hydrogens is 300 g/mol. The number of benzene rings is 2. The van der Waals surface area contributed by atoms with Crippen molar-refractivity contribution < 1.29 is 18.3 Å². The standard InChI is InChI=1S/C18H17F2NO2/c1-17(12-19)18(20,21(2)16(22)23-17)15-10-8-14(9-11-15)13-6-4-3-5-7-13/h3-11H,12H2,1-2H3. The Balaban J connectivity index is 2.02. The summed E-state index contributed by atoms with van der Waals surface area (Å²) in [5.41, 5.74) is 0.221. The Bertz CT molecular complexity index is 720. The van der Waals surface area contributed by atoms with Gasteiger partial charge in [0.1, 0.15) is 6.67 Å². The second kappa shape index (κ2) is 5.33. The van der Waals surface area contributed by atoms with Gasteiger partial charge in [0, 0.05) is 12.6 Å². The van der Waals surface area contributed by atoms with Crippen LogP contribution >= 0.6 is 0 Å². The number of hydrogen-bond acceptors (Lipinski definition) is 2. The van der Waals surface area contributed by atoms with Crippen molar-refractivity contribution in [3.8, 4) is 11.1 Å². The Kier molecular flexibility index (Phi) is 3.59. The van der Waals surface area contributed by atoms with Gasteiger partial charge in [0.2, 0.25) is 0 Å². The van der Waals surface area contributed by atoms with Crippen LogP contribution < -0.4 is 0 Å². The number of hydrogen-bond donors (Lipinski definition) is 0. The number of cyclic esters (lactones) is 1. The molecule has 2 unspecified atom stereocenters. The molecule has 0 bridgehead atoms. The molecule has 3 rings (SSSR count). The molecule has 0 aromatic heterocycles. The summed E-state index contributed by atoms with van der Waals surface area (Å²) < 4.78 is 34.0. The zero-order valence-electron chi connectivity index (χ0n) is 12.9. The number of carbonyl (C=O) groups is 1. The zero-order valence-corrected chi connectivity index (χ0v) is 12.9. The minimum Gasteiger partial charge on any atom is -0.434 e. The number of amides is 1. The van der Waals surface area contributed by atoms with Gasteiger partial charge in [-0.2, -0.15) is 0 Å². The van der Waals surface area contributed by atoms with E-state index < -0.39 is 24.2 Å². The molecule has 0 aliphatic carbocycles. The smallest absolute Gasteiger partial charge is 0.413 e. The number of likely N-dealkylation sites (N-methyl/N-ethyl adjacent to an activating group) is 1. The third kappa shape index (κ3) is 2.19. The summed E-state index contributed by atoms with van der Waals surface area (Å²) >= 11 is 0. The minimum absolute atomic E-state index is 0.186. The largest absolute Gasteiger partial charge is 0.434 e. The molecule has 23 heavy (non-hydrogen) atoms. The highest BCUT2D eigenvalue weighted by Gasteiger charge is 2.64. The first-order valence-corrected chi connectivity index (χ1v) is 7.30. The number of carbonyl (C=O) groups excluding carboxylic acids is 1. The van der Waals surface area contributed by atoms with E-state index >= 15 is 4.39 Å². The maximum atomic E-state index is 15.6. The molecule has 1 heterocycles. The maximum absolute atomic E-state index is 15.6. The van der Waals surface area contributed by atoms with Crippen molar-refractivity contribution in [2.45, 2.75) is 18.3 Å². The molecule has 2 aromatic carbocycles. The summed E-state index contributed by atoms with van der Waals surface area (Å²) in [5.74, 6) is -2.35. The van der Waals surface area contributed by atoms with Crippen LogP contribution in [0, 0.1) is 0 Å². The highest BCUT2D eigenvalue weighted by atomic mass is 19.2. The average Bonchev–Trinajstić information content (AvgIpc) is 2.77. The summed E-state index contributed by atoms with van der Waals surface area (Å²) in [6.45, 7) is 0.152. The van der Waals surface area contributed by atoms with Crippen molar-refractivity contribution in [1.29, 1.82) is 0 Å². The first-order valence-electron chi connectivity index (χ1n) is 7.30. The van der Waals surface area contributed by atoms with Crippen molar-refractivity contribution in [1.82, 2.24) is 4.90 Å². The lowest BCUT2D eigenvalue weighted by molar-refractivity contribution is -0.0999. The number of halogens is 2. The molecule has 3 nitrogen and oxygen atoms in total. The number of rotatable bonds is 3. The van der Waals surface area contributed by atoms with Gasteiger partial charge < -0.3 is 4.74 Å². The molecule has 0 radical (unpaired) electrons. The van der Waals surface area contributed by atoms with E-state index in [1.165, 1.54) is 14.0 Å². The molecule has 2 aromatic rings. The maximum Gasteiger partial charge on any atom is 0.413 e. The topological polar surface area (TPSA) is 29.5 Å². The molecule has 1 saturated heterocycles. The molecule has 0 spiro atoms. The average molecular weight is 317 g/mol. The van der Waals surface area contributed by atoms with Crippen LogP contribution in [-0.4, -0.2) is 30.3 Å². The van der Waals surface area contributed by atoms with E-state index in [4.69, 9.17) is 4.74 Å². The fourth-order valence-electron chi connectivity index (χ4n) is 2.94. The predicted octanol–water partition coefficient (Wildman–Crippen LogP) is 4.29. The molecule has 1 amide bonds. The summed E-state index contributed by atoms with van der Waals surface area (Å²) in [4.78, 5) is 12.5. The molecule has 1 fully saturated rings. The molecule has 1 aliphatic heterocycles. The quantitative estimate of drug-likeness (QED) is 0.791. The van der Waals surface area contributed by atoms with Crippen LogP contribution in [0.2, 0.25) is 0 Å². The number of nitrogens with zero attached hydrogens (tertiary/aromatic N) is 1. The van der Waals surface area contributed by atoms with E-state index in [2.05, 4.69) is 0 Å². The first-order chi connectivity index (χ1) is 10.9. The van der Waals surface area contributed by atoms with Crippen LogP contribution in [0.15, 0.2) is 54.6 Å². The molecule has 0 saturated carbocycles. The Labute approximate surface area is 133 Å². The van der Waals surface area contributed by atoms with Crippen molar-refractivity contribution in [2.24, 2.45) is 0 Å². The lowest BCUT2D eigenvalue weighted by Crippen LogP contribution is -2.51. The van der Waals surface area contributed by atoms with Crippen molar-refractivity contribution in [3.05, 3.63) is 60.2 Å². The molecule has 1 aliphatic rings. The molecule has 0 N–H and O–H groups in total. The van der Waals surface area contributed by atoms with Crippen molar-refractivity contribution in [2.75, 3.05) is 13.7 Å².